The number of hydrogen-bond donors (Lipinski definition) is 1. The van der Waals surface area contributed by atoms with Crippen molar-refractivity contribution in [1.82, 2.24) is 10.2 Å². The van der Waals surface area contributed by atoms with E-state index in [0.717, 1.165) is 4.31 Å². The molecule has 0 aliphatic rings. The molecule has 214 valence electrons. The molecule has 40 heavy (non-hydrogen) atoms. The van der Waals surface area contributed by atoms with Crippen LogP contribution in [0, 0.1) is 5.92 Å². The summed E-state index contributed by atoms with van der Waals surface area (Å²) in [5, 5.41) is 4.03. The summed E-state index contributed by atoms with van der Waals surface area (Å²) in [5.41, 5.74) is 0.869. The number of amides is 2. The van der Waals surface area contributed by atoms with E-state index in [0.29, 0.717) is 39.3 Å². The van der Waals surface area contributed by atoms with Crippen molar-refractivity contribution in [1.29, 1.82) is 0 Å². The molecule has 3 aromatic rings. The Labute approximate surface area is 251 Å². The normalized spacial score (nSPS) is 12.2. The lowest BCUT2D eigenvalue weighted by molar-refractivity contribution is -0.140. The number of hydrogen-bond acceptors (Lipinski definition) is 4. The zero-order valence-corrected chi connectivity index (χ0v) is 25.6. The highest BCUT2D eigenvalue weighted by molar-refractivity contribution is 7.92. The molecule has 2 amide bonds. The predicted octanol–water partition coefficient (Wildman–Crippen LogP) is 6.42. The summed E-state index contributed by atoms with van der Waals surface area (Å²) in [6, 6.07) is 18.1. The van der Waals surface area contributed by atoms with E-state index >= 15 is 0 Å². The molecular formula is C29H32Cl3N3O4S. The van der Waals surface area contributed by atoms with Crippen LogP contribution in [0.2, 0.25) is 15.1 Å². The fourth-order valence-corrected chi connectivity index (χ4v) is 6.04. The van der Waals surface area contributed by atoms with Crippen LogP contribution in [0.4, 0.5) is 5.69 Å². The van der Waals surface area contributed by atoms with Gasteiger partial charge in [-0.25, -0.2) is 8.42 Å². The van der Waals surface area contributed by atoms with Gasteiger partial charge in [-0.2, -0.15) is 0 Å². The number of carbonyl (C=O) groups is 2. The van der Waals surface area contributed by atoms with Gasteiger partial charge in [0.1, 0.15) is 12.6 Å². The summed E-state index contributed by atoms with van der Waals surface area (Å²) in [4.78, 5) is 28.6. The van der Waals surface area contributed by atoms with Crippen LogP contribution < -0.4 is 9.62 Å². The van der Waals surface area contributed by atoms with Crippen LogP contribution >= 0.6 is 34.8 Å². The molecule has 0 unspecified atom stereocenters. The molecule has 0 fully saturated rings. The standard InChI is InChI=1S/C29H32Cl3N3O4S/c1-4-27(29(37)33-17-20(2)3)34(18-21-10-11-23(31)16-26(21)32)28(36)19-35(24-8-6-5-7-9-24)40(38,39)25-14-12-22(30)13-15-25/h5-16,20,27H,4,17-19H2,1-3H3,(H,33,37)/t27-/m0/s1. The summed E-state index contributed by atoms with van der Waals surface area (Å²) < 4.78 is 28.6. The molecular weight excluding hydrogens is 593 g/mol. The van der Waals surface area contributed by atoms with Crippen molar-refractivity contribution in [2.75, 3.05) is 17.4 Å². The van der Waals surface area contributed by atoms with E-state index in [9.17, 15) is 18.0 Å². The Morgan fingerprint density at radius 1 is 0.900 bits per heavy atom. The van der Waals surface area contributed by atoms with Crippen molar-refractivity contribution in [3.05, 3.63) is 93.4 Å². The van der Waals surface area contributed by atoms with Crippen LogP contribution in [0.5, 0.6) is 0 Å². The van der Waals surface area contributed by atoms with Crippen LogP contribution in [0.15, 0.2) is 77.7 Å². The van der Waals surface area contributed by atoms with Crippen molar-refractivity contribution in [3.63, 3.8) is 0 Å². The number of anilines is 1. The second-order valence-corrected chi connectivity index (χ2v) is 12.8. The third kappa shape index (κ3) is 8.13. The van der Waals surface area contributed by atoms with Crippen molar-refractivity contribution in [2.24, 2.45) is 5.92 Å². The van der Waals surface area contributed by atoms with Gasteiger partial charge < -0.3 is 10.2 Å². The number of para-hydroxylation sites is 1. The highest BCUT2D eigenvalue weighted by Crippen LogP contribution is 2.27. The average molecular weight is 625 g/mol. The van der Waals surface area contributed by atoms with Crippen LogP contribution in [-0.2, 0) is 26.2 Å². The lowest BCUT2D eigenvalue weighted by atomic mass is 10.1. The van der Waals surface area contributed by atoms with Gasteiger partial charge in [0.25, 0.3) is 10.0 Å². The smallest absolute Gasteiger partial charge is 0.264 e. The molecule has 0 spiro atoms. The molecule has 0 aliphatic carbocycles. The second kappa shape index (κ2) is 14.2. The Morgan fingerprint density at radius 3 is 2.10 bits per heavy atom. The van der Waals surface area contributed by atoms with Crippen molar-refractivity contribution < 1.29 is 18.0 Å². The maximum Gasteiger partial charge on any atom is 0.264 e. The first-order valence-electron chi connectivity index (χ1n) is 12.8. The molecule has 0 aliphatic heterocycles. The highest BCUT2D eigenvalue weighted by Gasteiger charge is 2.34. The minimum atomic E-state index is -4.18. The maximum absolute atomic E-state index is 14.0. The van der Waals surface area contributed by atoms with Crippen molar-refractivity contribution in [2.45, 2.75) is 44.7 Å². The third-order valence-corrected chi connectivity index (χ3v) is 8.78. The van der Waals surface area contributed by atoms with E-state index in [1.165, 1.54) is 29.2 Å². The molecule has 3 aromatic carbocycles. The number of sulfonamides is 1. The average Bonchev–Trinajstić information content (AvgIpc) is 2.92. The molecule has 7 nitrogen and oxygen atoms in total. The van der Waals surface area contributed by atoms with E-state index in [-0.39, 0.29) is 23.3 Å². The highest BCUT2D eigenvalue weighted by atomic mass is 35.5. The van der Waals surface area contributed by atoms with Gasteiger partial charge in [-0.3, -0.25) is 13.9 Å². The number of nitrogens with zero attached hydrogens (tertiary/aromatic N) is 2. The van der Waals surface area contributed by atoms with Crippen LogP contribution in [-0.4, -0.2) is 44.3 Å². The molecule has 0 bridgehead atoms. The van der Waals surface area contributed by atoms with E-state index < -0.39 is 28.5 Å². The van der Waals surface area contributed by atoms with E-state index in [4.69, 9.17) is 34.8 Å². The van der Waals surface area contributed by atoms with Gasteiger partial charge in [-0.15, -0.1) is 0 Å². The lowest BCUT2D eigenvalue weighted by Crippen LogP contribution is -2.52. The molecule has 0 radical (unpaired) electrons. The van der Waals surface area contributed by atoms with Gasteiger partial charge >= 0.3 is 0 Å². The molecule has 0 heterocycles. The van der Waals surface area contributed by atoms with Crippen LogP contribution in [0.1, 0.15) is 32.8 Å². The predicted molar refractivity (Wildman–Crippen MR) is 161 cm³/mol. The van der Waals surface area contributed by atoms with Gasteiger partial charge in [0.05, 0.1) is 10.6 Å². The summed E-state index contributed by atoms with van der Waals surface area (Å²) >= 11 is 18.5. The lowest BCUT2D eigenvalue weighted by Gasteiger charge is -2.33. The molecule has 1 atom stereocenters. The van der Waals surface area contributed by atoms with Gasteiger partial charge in [-0.05, 0) is 66.4 Å². The number of nitrogens with one attached hydrogen (secondary N) is 1. The summed E-state index contributed by atoms with van der Waals surface area (Å²) in [6.07, 6.45) is 0.302. The first-order valence-corrected chi connectivity index (χ1v) is 15.4. The number of rotatable bonds is 12. The third-order valence-electron chi connectivity index (χ3n) is 6.15. The molecule has 11 heteroatoms. The summed E-state index contributed by atoms with van der Waals surface area (Å²) in [5.74, 6) is -0.699. The first kappa shape index (κ1) is 31.7. The number of benzene rings is 3. The zero-order valence-electron chi connectivity index (χ0n) is 22.5. The minimum absolute atomic E-state index is 0.0218. The first-order chi connectivity index (χ1) is 18.9. The minimum Gasteiger partial charge on any atom is -0.354 e. The monoisotopic (exact) mass is 623 g/mol. The maximum atomic E-state index is 14.0. The Kier molecular flexibility index (Phi) is 11.3. The quantitative estimate of drug-likeness (QED) is 0.252. The Morgan fingerprint density at radius 2 is 1.52 bits per heavy atom. The van der Waals surface area contributed by atoms with Crippen LogP contribution in [0.25, 0.3) is 0 Å². The molecule has 0 saturated carbocycles. The Balaban J connectivity index is 2.04. The fraction of sp³-hybridized carbons (Fsp3) is 0.310. The van der Waals surface area contributed by atoms with E-state index in [2.05, 4.69) is 5.32 Å². The fourth-order valence-electron chi connectivity index (χ4n) is 4.03. The van der Waals surface area contributed by atoms with Gasteiger partial charge in [-0.1, -0.05) is 79.8 Å². The zero-order chi connectivity index (χ0) is 29.4. The SMILES string of the molecule is CC[C@@H](C(=O)NCC(C)C)N(Cc1ccc(Cl)cc1Cl)C(=O)CN(c1ccccc1)S(=O)(=O)c1ccc(Cl)cc1. The van der Waals surface area contributed by atoms with E-state index in [1.54, 1.807) is 55.5 Å². The second-order valence-electron chi connectivity index (χ2n) is 9.62. The molecule has 0 saturated heterocycles. The molecule has 0 aromatic heterocycles. The van der Waals surface area contributed by atoms with Gasteiger partial charge in [0.2, 0.25) is 11.8 Å². The largest absolute Gasteiger partial charge is 0.354 e. The number of carbonyl (C=O) groups excluding carboxylic acids is 2. The van der Waals surface area contributed by atoms with Gasteiger partial charge in [0, 0.05) is 28.2 Å². The topological polar surface area (TPSA) is 86.8 Å². The number of halogens is 3. The van der Waals surface area contributed by atoms with E-state index in [1.807, 2.05) is 13.8 Å². The Hall–Kier alpha value is -2.78. The summed E-state index contributed by atoms with van der Waals surface area (Å²) in [7, 11) is -4.18. The molecule has 3 rings (SSSR count). The Bertz CT molecular complexity index is 1420. The van der Waals surface area contributed by atoms with Crippen molar-refractivity contribution >= 4 is 62.3 Å². The van der Waals surface area contributed by atoms with Gasteiger partial charge in [0.15, 0.2) is 0 Å². The molecule has 1 N–H and O–H groups in total. The summed E-state index contributed by atoms with van der Waals surface area (Å²) in [6.45, 7) is 5.59. The van der Waals surface area contributed by atoms with Crippen molar-refractivity contribution in [3.8, 4) is 0 Å². The van der Waals surface area contributed by atoms with Crippen LogP contribution in [0.3, 0.4) is 0 Å².